The molecule has 4 rings (SSSR count). The highest BCUT2D eigenvalue weighted by Gasteiger charge is 2.38. The van der Waals surface area contributed by atoms with Gasteiger partial charge in [0.15, 0.2) is 0 Å². The van der Waals surface area contributed by atoms with Crippen LogP contribution >= 0.6 is 0 Å². The SMILES string of the molecule is COC(=O)N[C@H](C(=O)N[C@@H](Cc1ccccc1)[C@H](CN(Cc1ccc(-c2ccccn2)cc1)NC(=O)[C@@H](NC(=O)OC)C(C)(C)C)OC(=O)CNCc1ccccc1)C(C)(C)C. The Balaban J connectivity index is 1.77. The van der Waals surface area contributed by atoms with Crippen LogP contribution in [-0.2, 0) is 48.1 Å². The van der Waals surface area contributed by atoms with E-state index >= 15 is 0 Å². The predicted molar refractivity (Wildman–Crippen MR) is 236 cm³/mol. The number of methoxy groups -OCH3 is 2. The minimum atomic E-state index is -1.10. The van der Waals surface area contributed by atoms with Gasteiger partial charge in [-0.1, -0.05) is 133 Å². The number of nitrogens with zero attached hydrogens (tertiary/aromatic N) is 2. The Bertz CT molecular complexity index is 2040. The first-order chi connectivity index (χ1) is 29.5. The van der Waals surface area contributed by atoms with Crippen LogP contribution in [0.15, 0.2) is 109 Å². The summed E-state index contributed by atoms with van der Waals surface area (Å²) >= 11 is 0. The number of hydrazine groups is 1. The van der Waals surface area contributed by atoms with Crippen molar-refractivity contribution in [1.29, 1.82) is 0 Å². The predicted octanol–water partition coefficient (Wildman–Crippen LogP) is 5.55. The van der Waals surface area contributed by atoms with Gasteiger partial charge in [-0.3, -0.25) is 24.8 Å². The Morgan fingerprint density at radius 1 is 0.645 bits per heavy atom. The van der Waals surface area contributed by atoms with Crippen LogP contribution in [0, 0.1) is 10.8 Å². The van der Waals surface area contributed by atoms with Crippen molar-refractivity contribution >= 4 is 30.0 Å². The molecule has 1 aromatic heterocycles. The van der Waals surface area contributed by atoms with Crippen LogP contribution in [0.1, 0.15) is 58.2 Å². The number of rotatable bonds is 19. The smallest absolute Gasteiger partial charge is 0.407 e. The van der Waals surface area contributed by atoms with Crippen LogP contribution in [0.3, 0.4) is 0 Å². The van der Waals surface area contributed by atoms with Gasteiger partial charge in [-0.05, 0) is 46.1 Å². The van der Waals surface area contributed by atoms with Gasteiger partial charge < -0.3 is 35.5 Å². The van der Waals surface area contributed by atoms with E-state index in [0.717, 1.165) is 27.9 Å². The van der Waals surface area contributed by atoms with E-state index in [9.17, 15) is 24.0 Å². The second kappa shape index (κ2) is 23.0. The second-order valence-electron chi connectivity index (χ2n) is 17.1. The Morgan fingerprint density at radius 2 is 1.19 bits per heavy atom. The molecule has 4 amide bonds. The molecule has 15 heteroatoms. The summed E-state index contributed by atoms with van der Waals surface area (Å²) in [6.45, 7) is 11.1. The fourth-order valence-electron chi connectivity index (χ4n) is 6.60. The maximum atomic E-state index is 14.3. The summed E-state index contributed by atoms with van der Waals surface area (Å²) < 4.78 is 16.0. The summed E-state index contributed by atoms with van der Waals surface area (Å²) in [6, 6.07) is 29.3. The lowest BCUT2D eigenvalue weighted by Crippen LogP contribution is -2.61. The van der Waals surface area contributed by atoms with Crippen molar-refractivity contribution in [2.24, 2.45) is 10.8 Å². The van der Waals surface area contributed by atoms with E-state index in [-0.39, 0.29) is 26.1 Å². The van der Waals surface area contributed by atoms with Gasteiger partial charge in [0, 0.05) is 24.8 Å². The minimum Gasteiger partial charge on any atom is -0.458 e. The van der Waals surface area contributed by atoms with Gasteiger partial charge in [-0.25, -0.2) is 14.6 Å². The van der Waals surface area contributed by atoms with Crippen molar-refractivity contribution in [2.45, 2.75) is 85.3 Å². The largest absolute Gasteiger partial charge is 0.458 e. The molecule has 1 heterocycles. The minimum absolute atomic E-state index is 0.115. The van der Waals surface area contributed by atoms with Crippen molar-refractivity contribution in [2.75, 3.05) is 27.3 Å². The lowest BCUT2D eigenvalue weighted by atomic mass is 9.85. The maximum absolute atomic E-state index is 14.3. The first-order valence-corrected chi connectivity index (χ1v) is 20.5. The quantitative estimate of drug-likeness (QED) is 0.0452. The fraction of sp³-hybridized carbons (Fsp3) is 0.404. The van der Waals surface area contributed by atoms with E-state index in [1.807, 2.05) is 103 Å². The Kier molecular flexibility index (Phi) is 18.0. The number of ether oxygens (including phenoxy) is 3. The number of carbonyl (C=O) groups is 5. The molecule has 0 radical (unpaired) electrons. The lowest BCUT2D eigenvalue weighted by molar-refractivity contribution is -0.153. The Labute approximate surface area is 364 Å². The van der Waals surface area contributed by atoms with E-state index in [4.69, 9.17) is 14.2 Å². The van der Waals surface area contributed by atoms with Gasteiger partial charge in [0.25, 0.3) is 5.91 Å². The molecular formula is C47H61N7O8. The zero-order valence-corrected chi connectivity index (χ0v) is 36.9. The fourth-order valence-corrected chi connectivity index (χ4v) is 6.60. The van der Waals surface area contributed by atoms with E-state index in [2.05, 4.69) is 31.7 Å². The molecule has 332 valence electrons. The lowest BCUT2D eigenvalue weighted by Gasteiger charge is -2.37. The molecule has 0 bridgehead atoms. The van der Waals surface area contributed by atoms with Gasteiger partial charge in [0.1, 0.15) is 18.2 Å². The van der Waals surface area contributed by atoms with E-state index in [0.29, 0.717) is 6.54 Å². The summed E-state index contributed by atoms with van der Waals surface area (Å²) in [6.07, 6.45) is -0.757. The van der Waals surface area contributed by atoms with Crippen LogP contribution < -0.4 is 26.7 Å². The van der Waals surface area contributed by atoms with Gasteiger partial charge in [-0.15, -0.1) is 0 Å². The van der Waals surface area contributed by atoms with Crippen molar-refractivity contribution in [3.63, 3.8) is 0 Å². The van der Waals surface area contributed by atoms with Gasteiger partial charge in [0.05, 0.1) is 39.0 Å². The van der Waals surface area contributed by atoms with Crippen LogP contribution in [-0.4, -0.2) is 91.5 Å². The van der Waals surface area contributed by atoms with Gasteiger partial charge in [-0.2, -0.15) is 0 Å². The number of amides is 4. The molecule has 0 unspecified atom stereocenters. The summed E-state index contributed by atoms with van der Waals surface area (Å²) in [4.78, 5) is 71.9. The third-order valence-corrected chi connectivity index (χ3v) is 9.91. The third-order valence-electron chi connectivity index (χ3n) is 9.91. The number of carbonyl (C=O) groups excluding carboxylic acids is 5. The molecule has 5 N–H and O–H groups in total. The average Bonchev–Trinajstić information content (AvgIpc) is 3.24. The molecule has 0 saturated carbocycles. The Morgan fingerprint density at radius 3 is 1.73 bits per heavy atom. The van der Waals surface area contributed by atoms with Crippen LogP contribution in [0.4, 0.5) is 9.59 Å². The molecule has 15 nitrogen and oxygen atoms in total. The molecule has 62 heavy (non-hydrogen) atoms. The standard InChI is InChI=1S/C47H61N7O8/c1-46(2,3)40(51-44(58)60-7)42(56)50-37(27-32-17-11-9-12-18-32)38(62-39(55)29-48-28-33-19-13-10-14-20-33)31-54(53-43(57)41(47(4,5)6)52-45(59)61-8)30-34-22-24-35(25-23-34)36-21-15-16-26-49-36/h9-26,37-38,40-41,48H,27-31H2,1-8H3,(H,50,56)(H,51,58)(H,52,59)(H,53,57)/t37-,38-,40+,41+/m0/s1. The average molecular weight is 852 g/mol. The molecular weight excluding hydrogens is 791 g/mol. The molecule has 4 aromatic rings. The van der Waals surface area contributed by atoms with Gasteiger partial charge in [0.2, 0.25) is 5.91 Å². The summed E-state index contributed by atoms with van der Waals surface area (Å²) in [5, 5.41) is 13.1. The topological polar surface area (TPSA) is 189 Å². The molecule has 3 aromatic carbocycles. The van der Waals surface area contributed by atoms with Crippen LogP contribution in [0.5, 0.6) is 0 Å². The highest BCUT2D eigenvalue weighted by Crippen LogP contribution is 2.23. The zero-order valence-electron chi connectivity index (χ0n) is 36.9. The molecule has 0 aliphatic heterocycles. The van der Waals surface area contributed by atoms with Crippen molar-refractivity contribution in [1.82, 2.24) is 36.7 Å². The second-order valence-corrected chi connectivity index (χ2v) is 17.1. The zero-order chi connectivity index (χ0) is 45.3. The molecule has 0 spiro atoms. The highest BCUT2D eigenvalue weighted by atomic mass is 16.6. The Hall–Kier alpha value is -6.32. The third kappa shape index (κ3) is 15.6. The number of hydrogen-bond acceptors (Lipinski definition) is 11. The molecule has 0 aliphatic rings. The summed E-state index contributed by atoms with van der Waals surface area (Å²) in [5.41, 5.74) is 5.71. The maximum Gasteiger partial charge on any atom is 0.407 e. The number of nitrogens with one attached hydrogen (secondary N) is 5. The van der Waals surface area contributed by atoms with Gasteiger partial charge >= 0.3 is 18.2 Å². The first-order valence-electron chi connectivity index (χ1n) is 20.5. The normalized spacial score (nSPS) is 13.4. The van der Waals surface area contributed by atoms with Crippen LogP contribution in [0.2, 0.25) is 0 Å². The number of esters is 1. The number of aromatic nitrogens is 1. The van der Waals surface area contributed by atoms with Crippen LogP contribution in [0.25, 0.3) is 11.3 Å². The molecule has 0 fully saturated rings. The monoisotopic (exact) mass is 851 g/mol. The first kappa shape index (κ1) is 48.3. The number of hydrogen-bond donors (Lipinski definition) is 5. The van der Waals surface area contributed by atoms with Crippen molar-refractivity contribution in [3.05, 3.63) is 126 Å². The van der Waals surface area contributed by atoms with E-state index < -0.39 is 65.0 Å². The molecule has 0 saturated heterocycles. The van der Waals surface area contributed by atoms with E-state index in [1.165, 1.54) is 14.2 Å². The highest BCUT2D eigenvalue weighted by molar-refractivity contribution is 5.87. The number of benzene rings is 3. The molecule has 4 atom stereocenters. The molecule has 0 aliphatic carbocycles. The van der Waals surface area contributed by atoms with E-state index in [1.54, 1.807) is 52.7 Å². The number of alkyl carbamates (subject to hydrolysis) is 2. The van der Waals surface area contributed by atoms with Crippen molar-refractivity contribution in [3.8, 4) is 11.3 Å². The summed E-state index contributed by atoms with van der Waals surface area (Å²) in [7, 11) is 2.43. The number of pyridine rings is 1. The summed E-state index contributed by atoms with van der Waals surface area (Å²) in [5.74, 6) is -1.70. The van der Waals surface area contributed by atoms with Crippen molar-refractivity contribution < 1.29 is 38.2 Å².